The minimum absolute atomic E-state index is 0.0778. The SMILES string of the molecule is COC(=O)c1ccc(C(=O)O)cc1-c1ccco1. The topological polar surface area (TPSA) is 76.7 Å². The van der Waals surface area contributed by atoms with E-state index in [0.29, 0.717) is 11.3 Å². The van der Waals surface area contributed by atoms with E-state index in [1.807, 2.05) is 0 Å². The molecule has 1 N–H and O–H groups in total. The van der Waals surface area contributed by atoms with Gasteiger partial charge < -0.3 is 14.3 Å². The number of carbonyl (C=O) groups excluding carboxylic acids is 1. The maximum Gasteiger partial charge on any atom is 0.338 e. The second-order valence-corrected chi connectivity index (χ2v) is 3.53. The molecule has 5 nitrogen and oxygen atoms in total. The van der Waals surface area contributed by atoms with E-state index in [4.69, 9.17) is 9.52 Å². The number of ether oxygens (including phenoxy) is 1. The van der Waals surface area contributed by atoms with Gasteiger partial charge in [0.25, 0.3) is 0 Å². The fourth-order valence-corrected chi connectivity index (χ4v) is 1.60. The van der Waals surface area contributed by atoms with Crippen LogP contribution in [0.5, 0.6) is 0 Å². The van der Waals surface area contributed by atoms with Crippen molar-refractivity contribution in [1.82, 2.24) is 0 Å². The summed E-state index contributed by atoms with van der Waals surface area (Å²) in [5, 5.41) is 8.95. The molecule has 18 heavy (non-hydrogen) atoms. The third-order valence-electron chi connectivity index (χ3n) is 2.46. The molecule has 1 heterocycles. The average molecular weight is 246 g/mol. The van der Waals surface area contributed by atoms with E-state index in [1.54, 1.807) is 12.1 Å². The highest BCUT2D eigenvalue weighted by atomic mass is 16.5. The minimum Gasteiger partial charge on any atom is -0.478 e. The third kappa shape index (κ3) is 2.10. The maximum atomic E-state index is 11.6. The Morgan fingerprint density at radius 2 is 2.06 bits per heavy atom. The molecule has 2 aromatic rings. The molecule has 0 saturated heterocycles. The van der Waals surface area contributed by atoms with Gasteiger partial charge in [0, 0.05) is 5.56 Å². The Bertz CT molecular complexity index is 583. The normalized spacial score (nSPS) is 10.1. The summed E-state index contributed by atoms with van der Waals surface area (Å²) in [5.41, 5.74) is 0.734. The number of rotatable bonds is 3. The number of aromatic carboxylic acids is 1. The standard InChI is InChI=1S/C13H10O5/c1-17-13(16)9-5-4-8(12(14)15)7-10(9)11-3-2-6-18-11/h2-7H,1H3,(H,14,15). The summed E-state index contributed by atoms with van der Waals surface area (Å²) in [6.45, 7) is 0. The molecule has 0 amide bonds. The van der Waals surface area contributed by atoms with Crippen molar-refractivity contribution >= 4 is 11.9 Å². The predicted molar refractivity (Wildman–Crippen MR) is 62.4 cm³/mol. The van der Waals surface area contributed by atoms with Crippen LogP contribution in [-0.2, 0) is 4.74 Å². The molecule has 0 aliphatic heterocycles. The molecule has 0 radical (unpaired) electrons. The van der Waals surface area contributed by atoms with E-state index in [-0.39, 0.29) is 11.1 Å². The molecule has 1 aromatic carbocycles. The molecule has 0 aliphatic carbocycles. The van der Waals surface area contributed by atoms with Crippen molar-refractivity contribution in [2.24, 2.45) is 0 Å². The van der Waals surface area contributed by atoms with Crippen molar-refractivity contribution in [3.63, 3.8) is 0 Å². The second kappa shape index (κ2) is 4.75. The highest BCUT2D eigenvalue weighted by molar-refractivity contribution is 5.99. The largest absolute Gasteiger partial charge is 0.478 e. The van der Waals surface area contributed by atoms with Crippen LogP contribution in [0, 0.1) is 0 Å². The zero-order valence-electron chi connectivity index (χ0n) is 9.54. The number of carbonyl (C=O) groups is 2. The highest BCUT2D eigenvalue weighted by Gasteiger charge is 2.17. The number of carboxylic acid groups (broad SMARTS) is 1. The van der Waals surface area contributed by atoms with Crippen LogP contribution in [0.4, 0.5) is 0 Å². The van der Waals surface area contributed by atoms with Crippen molar-refractivity contribution in [3.05, 3.63) is 47.7 Å². The first-order valence-corrected chi connectivity index (χ1v) is 5.13. The van der Waals surface area contributed by atoms with Gasteiger partial charge in [-0.05, 0) is 30.3 Å². The predicted octanol–water partition coefficient (Wildman–Crippen LogP) is 2.43. The lowest BCUT2D eigenvalue weighted by molar-refractivity contribution is 0.0599. The fourth-order valence-electron chi connectivity index (χ4n) is 1.60. The molecular weight excluding hydrogens is 236 g/mol. The minimum atomic E-state index is -1.07. The summed E-state index contributed by atoms with van der Waals surface area (Å²) in [4.78, 5) is 22.5. The summed E-state index contributed by atoms with van der Waals surface area (Å²) < 4.78 is 9.84. The number of hydrogen-bond acceptors (Lipinski definition) is 4. The lowest BCUT2D eigenvalue weighted by atomic mass is 10.0. The van der Waals surface area contributed by atoms with Crippen LogP contribution in [0.15, 0.2) is 41.0 Å². The van der Waals surface area contributed by atoms with Crippen molar-refractivity contribution in [2.75, 3.05) is 7.11 Å². The molecule has 0 fully saturated rings. The Morgan fingerprint density at radius 1 is 1.28 bits per heavy atom. The van der Waals surface area contributed by atoms with E-state index >= 15 is 0 Å². The molecule has 0 bridgehead atoms. The Balaban J connectivity index is 2.61. The molecule has 0 saturated carbocycles. The summed E-state index contributed by atoms with van der Waals surface area (Å²) in [7, 11) is 1.26. The number of furan rings is 1. The van der Waals surface area contributed by atoms with Crippen LogP contribution in [0.25, 0.3) is 11.3 Å². The average Bonchev–Trinajstić information content (AvgIpc) is 2.90. The van der Waals surface area contributed by atoms with Crippen LogP contribution in [0.3, 0.4) is 0 Å². The molecular formula is C13H10O5. The molecule has 2 rings (SSSR count). The molecule has 0 unspecified atom stereocenters. The third-order valence-corrected chi connectivity index (χ3v) is 2.46. The van der Waals surface area contributed by atoms with E-state index < -0.39 is 11.9 Å². The first kappa shape index (κ1) is 11.9. The van der Waals surface area contributed by atoms with Gasteiger partial charge in [0.15, 0.2) is 0 Å². The Hall–Kier alpha value is -2.56. The summed E-state index contributed by atoms with van der Waals surface area (Å²) in [6.07, 6.45) is 1.45. The number of methoxy groups -OCH3 is 1. The highest BCUT2D eigenvalue weighted by Crippen LogP contribution is 2.26. The van der Waals surface area contributed by atoms with Crippen LogP contribution < -0.4 is 0 Å². The summed E-state index contributed by atoms with van der Waals surface area (Å²) in [6, 6.07) is 7.44. The number of hydrogen-bond donors (Lipinski definition) is 1. The van der Waals surface area contributed by atoms with Crippen molar-refractivity contribution in [2.45, 2.75) is 0 Å². The Morgan fingerprint density at radius 3 is 2.61 bits per heavy atom. The zero-order chi connectivity index (χ0) is 13.1. The van der Waals surface area contributed by atoms with Crippen LogP contribution >= 0.6 is 0 Å². The molecule has 92 valence electrons. The van der Waals surface area contributed by atoms with Crippen LogP contribution in [0.2, 0.25) is 0 Å². The van der Waals surface area contributed by atoms with Crippen molar-refractivity contribution in [3.8, 4) is 11.3 Å². The lowest BCUT2D eigenvalue weighted by Gasteiger charge is -2.06. The lowest BCUT2D eigenvalue weighted by Crippen LogP contribution is -2.05. The van der Waals surface area contributed by atoms with E-state index in [2.05, 4.69) is 4.74 Å². The number of carboxylic acids is 1. The molecule has 1 aromatic heterocycles. The van der Waals surface area contributed by atoms with E-state index in [1.165, 1.54) is 31.6 Å². The first-order chi connectivity index (χ1) is 8.63. The first-order valence-electron chi connectivity index (χ1n) is 5.13. The van der Waals surface area contributed by atoms with E-state index in [0.717, 1.165) is 0 Å². The van der Waals surface area contributed by atoms with Gasteiger partial charge in [-0.2, -0.15) is 0 Å². The van der Waals surface area contributed by atoms with Gasteiger partial charge in [-0.25, -0.2) is 9.59 Å². The summed E-state index contributed by atoms with van der Waals surface area (Å²) in [5.74, 6) is -1.20. The fraction of sp³-hybridized carbons (Fsp3) is 0.0769. The Kier molecular flexibility index (Phi) is 3.14. The van der Waals surface area contributed by atoms with Gasteiger partial charge in [0.05, 0.1) is 24.5 Å². The van der Waals surface area contributed by atoms with Gasteiger partial charge in [-0.1, -0.05) is 0 Å². The van der Waals surface area contributed by atoms with Crippen LogP contribution in [-0.4, -0.2) is 24.2 Å². The van der Waals surface area contributed by atoms with Gasteiger partial charge >= 0.3 is 11.9 Å². The van der Waals surface area contributed by atoms with Gasteiger partial charge in [-0.15, -0.1) is 0 Å². The van der Waals surface area contributed by atoms with Crippen molar-refractivity contribution < 1.29 is 23.8 Å². The summed E-state index contributed by atoms with van der Waals surface area (Å²) >= 11 is 0. The second-order valence-electron chi connectivity index (χ2n) is 3.53. The van der Waals surface area contributed by atoms with Gasteiger partial charge in [0.2, 0.25) is 0 Å². The van der Waals surface area contributed by atoms with E-state index in [9.17, 15) is 9.59 Å². The number of benzene rings is 1. The molecule has 5 heteroatoms. The molecule has 0 atom stereocenters. The molecule has 0 aliphatic rings. The monoisotopic (exact) mass is 246 g/mol. The van der Waals surface area contributed by atoms with Gasteiger partial charge in [-0.3, -0.25) is 0 Å². The number of esters is 1. The zero-order valence-corrected chi connectivity index (χ0v) is 9.54. The van der Waals surface area contributed by atoms with Gasteiger partial charge in [0.1, 0.15) is 5.76 Å². The maximum absolute atomic E-state index is 11.6. The quantitative estimate of drug-likeness (QED) is 0.841. The Labute approximate surface area is 103 Å². The van der Waals surface area contributed by atoms with Crippen molar-refractivity contribution in [1.29, 1.82) is 0 Å². The smallest absolute Gasteiger partial charge is 0.338 e. The van der Waals surface area contributed by atoms with Crippen LogP contribution in [0.1, 0.15) is 20.7 Å². The molecule has 0 spiro atoms.